The number of rotatable bonds is 2. The molecule has 1 aliphatic heterocycles. The van der Waals surface area contributed by atoms with Crippen molar-refractivity contribution in [2.45, 2.75) is 12.8 Å². The molecule has 0 unspecified atom stereocenters. The lowest BCUT2D eigenvalue weighted by molar-refractivity contribution is -0.145. The zero-order chi connectivity index (χ0) is 16.0. The van der Waals surface area contributed by atoms with E-state index in [1.807, 2.05) is 12.1 Å². The molecule has 2 aliphatic rings. The van der Waals surface area contributed by atoms with Gasteiger partial charge in [0, 0.05) is 18.7 Å². The number of methoxy groups -OCH3 is 1. The Morgan fingerprint density at radius 3 is 2.74 bits per heavy atom. The van der Waals surface area contributed by atoms with Crippen LogP contribution in [0.2, 0.25) is 0 Å². The van der Waals surface area contributed by atoms with Crippen LogP contribution >= 0.6 is 0 Å². The molecular formula is C19H17NO3. The van der Waals surface area contributed by atoms with E-state index in [1.165, 1.54) is 29.4 Å². The quantitative estimate of drug-likeness (QED) is 0.684. The van der Waals surface area contributed by atoms with E-state index in [9.17, 15) is 9.59 Å². The van der Waals surface area contributed by atoms with Crippen molar-refractivity contribution in [1.29, 1.82) is 0 Å². The summed E-state index contributed by atoms with van der Waals surface area (Å²) in [6.07, 6.45) is 1.12. The third-order valence-electron chi connectivity index (χ3n) is 4.75. The summed E-state index contributed by atoms with van der Waals surface area (Å²) >= 11 is 0. The second-order valence-corrected chi connectivity index (χ2v) is 6.10. The topological polar surface area (TPSA) is 46.6 Å². The molecule has 23 heavy (non-hydrogen) atoms. The van der Waals surface area contributed by atoms with E-state index >= 15 is 0 Å². The molecule has 4 heteroatoms. The summed E-state index contributed by atoms with van der Waals surface area (Å²) in [6.45, 7) is 0.400. The van der Waals surface area contributed by atoms with Gasteiger partial charge < -0.3 is 9.64 Å². The number of hydrogen-bond acceptors (Lipinski definition) is 3. The monoisotopic (exact) mass is 307 g/mol. The van der Waals surface area contributed by atoms with Gasteiger partial charge in [0.2, 0.25) is 5.91 Å². The van der Waals surface area contributed by atoms with Crippen LogP contribution in [-0.2, 0) is 20.7 Å². The van der Waals surface area contributed by atoms with Gasteiger partial charge in [-0.3, -0.25) is 9.59 Å². The highest BCUT2D eigenvalue weighted by atomic mass is 16.5. The van der Waals surface area contributed by atoms with Crippen LogP contribution in [0.3, 0.4) is 0 Å². The third-order valence-corrected chi connectivity index (χ3v) is 4.75. The molecule has 0 spiro atoms. The molecule has 0 radical (unpaired) electrons. The maximum atomic E-state index is 12.2. The molecule has 0 saturated carbocycles. The van der Waals surface area contributed by atoms with Gasteiger partial charge in [-0.1, -0.05) is 30.3 Å². The van der Waals surface area contributed by atoms with Crippen LogP contribution in [0.4, 0.5) is 5.69 Å². The van der Waals surface area contributed by atoms with Gasteiger partial charge in [0.15, 0.2) is 0 Å². The van der Waals surface area contributed by atoms with Crippen LogP contribution in [0.15, 0.2) is 42.5 Å². The molecule has 1 aliphatic carbocycles. The number of nitrogens with zero attached hydrogens (tertiary/aromatic N) is 1. The Labute approximate surface area is 134 Å². The summed E-state index contributed by atoms with van der Waals surface area (Å²) in [5.74, 6) is -0.691. The molecule has 116 valence electrons. The van der Waals surface area contributed by atoms with E-state index in [4.69, 9.17) is 4.74 Å². The Morgan fingerprint density at radius 2 is 1.91 bits per heavy atom. The Balaban J connectivity index is 1.64. The smallest absolute Gasteiger partial charge is 0.311 e. The normalized spacial score (nSPS) is 18.7. The number of esters is 1. The minimum atomic E-state index is -0.363. The lowest BCUT2D eigenvalue weighted by Crippen LogP contribution is -2.26. The van der Waals surface area contributed by atoms with Crippen LogP contribution in [-0.4, -0.2) is 25.5 Å². The largest absolute Gasteiger partial charge is 0.469 e. The second kappa shape index (κ2) is 5.23. The molecule has 1 saturated heterocycles. The maximum absolute atomic E-state index is 12.2. The van der Waals surface area contributed by atoms with Gasteiger partial charge >= 0.3 is 5.97 Å². The van der Waals surface area contributed by atoms with E-state index in [0.29, 0.717) is 6.54 Å². The molecular weight excluding hydrogens is 290 g/mol. The fourth-order valence-electron chi connectivity index (χ4n) is 3.58. The SMILES string of the molecule is COC(=O)[C@@H]1CC(=O)N(c2ccc3c(c2)Cc2ccccc2-3)C1. The van der Waals surface area contributed by atoms with Crippen molar-refractivity contribution in [2.75, 3.05) is 18.6 Å². The van der Waals surface area contributed by atoms with Crippen LogP contribution in [0.5, 0.6) is 0 Å². The van der Waals surface area contributed by atoms with Gasteiger partial charge in [0.1, 0.15) is 0 Å². The van der Waals surface area contributed by atoms with Gasteiger partial charge in [-0.25, -0.2) is 0 Å². The summed E-state index contributed by atoms with van der Waals surface area (Å²) in [4.78, 5) is 25.6. The molecule has 1 fully saturated rings. The first-order valence-electron chi connectivity index (χ1n) is 7.77. The lowest BCUT2D eigenvalue weighted by Gasteiger charge is -2.17. The molecule has 0 N–H and O–H groups in total. The molecule has 4 nitrogen and oxygen atoms in total. The van der Waals surface area contributed by atoms with Gasteiger partial charge in [0.05, 0.1) is 13.0 Å². The fraction of sp³-hybridized carbons (Fsp3) is 0.263. The van der Waals surface area contributed by atoms with Crippen molar-refractivity contribution < 1.29 is 14.3 Å². The average molecular weight is 307 g/mol. The maximum Gasteiger partial charge on any atom is 0.311 e. The van der Waals surface area contributed by atoms with E-state index in [0.717, 1.165) is 12.1 Å². The summed E-state index contributed by atoms with van der Waals surface area (Å²) < 4.78 is 4.77. The van der Waals surface area contributed by atoms with Crippen molar-refractivity contribution in [3.8, 4) is 11.1 Å². The highest BCUT2D eigenvalue weighted by molar-refractivity contribution is 6.00. The lowest BCUT2D eigenvalue weighted by atomic mass is 10.1. The average Bonchev–Trinajstić information content (AvgIpc) is 3.13. The molecule has 1 heterocycles. The van der Waals surface area contributed by atoms with E-state index < -0.39 is 0 Å². The summed E-state index contributed by atoms with van der Waals surface area (Å²) in [5, 5.41) is 0. The molecule has 2 aromatic rings. The van der Waals surface area contributed by atoms with Crippen LogP contribution in [0.25, 0.3) is 11.1 Å². The minimum Gasteiger partial charge on any atom is -0.469 e. The van der Waals surface area contributed by atoms with E-state index in [1.54, 1.807) is 4.90 Å². The third kappa shape index (κ3) is 2.22. The summed E-state index contributed by atoms with van der Waals surface area (Å²) in [5.41, 5.74) is 5.93. The van der Waals surface area contributed by atoms with Crippen molar-refractivity contribution in [1.82, 2.24) is 0 Å². The van der Waals surface area contributed by atoms with E-state index in [2.05, 4.69) is 30.3 Å². The van der Waals surface area contributed by atoms with Crippen molar-refractivity contribution in [3.05, 3.63) is 53.6 Å². The predicted octanol–water partition coefficient (Wildman–Crippen LogP) is 2.78. The first kappa shape index (κ1) is 14.0. The zero-order valence-electron chi connectivity index (χ0n) is 12.9. The highest BCUT2D eigenvalue weighted by Gasteiger charge is 2.36. The predicted molar refractivity (Wildman–Crippen MR) is 87.2 cm³/mol. The number of benzene rings is 2. The Morgan fingerprint density at radius 1 is 1.13 bits per heavy atom. The minimum absolute atomic E-state index is 0.0177. The molecule has 0 bridgehead atoms. The first-order chi connectivity index (χ1) is 11.2. The molecule has 1 amide bonds. The number of carbonyl (C=O) groups is 2. The molecule has 2 aromatic carbocycles. The van der Waals surface area contributed by atoms with Gasteiger partial charge in [-0.15, -0.1) is 0 Å². The van der Waals surface area contributed by atoms with Gasteiger partial charge in [0.25, 0.3) is 0 Å². The number of anilines is 1. The zero-order valence-corrected chi connectivity index (χ0v) is 12.9. The molecule has 1 atom stereocenters. The number of carbonyl (C=O) groups excluding carboxylic acids is 2. The van der Waals surface area contributed by atoms with Crippen LogP contribution < -0.4 is 4.90 Å². The van der Waals surface area contributed by atoms with Gasteiger partial charge in [-0.05, 0) is 40.8 Å². The van der Waals surface area contributed by atoms with Crippen molar-refractivity contribution in [3.63, 3.8) is 0 Å². The first-order valence-corrected chi connectivity index (χ1v) is 7.77. The number of amides is 1. The second-order valence-electron chi connectivity index (χ2n) is 6.10. The van der Waals surface area contributed by atoms with Crippen LogP contribution in [0, 0.1) is 5.92 Å². The summed E-state index contributed by atoms with van der Waals surface area (Å²) in [6, 6.07) is 14.5. The van der Waals surface area contributed by atoms with E-state index in [-0.39, 0.29) is 24.2 Å². The van der Waals surface area contributed by atoms with Crippen molar-refractivity contribution >= 4 is 17.6 Å². The number of ether oxygens (including phenoxy) is 1. The number of fused-ring (bicyclic) bond motifs is 3. The summed E-state index contributed by atoms with van der Waals surface area (Å²) in [7, 11) is 1.36. The molecule has 4 rings (SSSR count). The fourth-order valence-corrected chi connectivity index (χ4v) is 3.58. The standard InChI is InChI=1S/C19H17NO3/c1-23-19(22)14-10-18(21)20(11-14)15-6-7-17-13(9-15)8-12-4-2-3-5-16(12)17/h2-7,9,14H,8,10-11H2,1H3/t14-/m1/s1. The van der Waals surface area contributed by atoms with Crippen molar-refractivity contribution in [2.24, 2.45) is 5.92 Å². The highest BCUT2D eigenvalue weighted by Crippen LogP contribution is 2.39. The Hall–Kier alpha value is -2.62. The molecule has 0 aromatic heterocycles. The Kier molecular flexibility index (Phi) is 3.18. The van der Waals surface area contributed by atoms with Gasteiger partial charge in [-0.2, -0.15) is 0 Å². The Bertz CT molecular complexity index is 812. The van der Waals surface area contributed by atoms with Crippen LogP contribution in [0.1, 0.15) is 17.5 Å². The number of hydrogen-bond donors (Lipinski definition) is 0.